The largest absolute Gasteiger partial charge is 2.00 e. The summed E-state index contributed by atoms with van der Waals surface area (Å²) in [6, 6.07) is 0. The summed E-state index contributed by atoms with van der Waals surface area (Å²) in [6.07, 6.45) is 0. The number of halogens is 2. The molecule has 0 aliphatic carbocycles. The van der Waals surface area contributed by atoms with Crippen LogP contribution in [0.3, 0.4) is 0 Å². The first-order valence-electron chi connectivity index (χ1n) is 0. The molecule has 0 aliphatic heterocycles. The zero-order chi connectivity index (χ0) is 0. The molecule has 0 radical (unpaired) electrons. The maximum absolute atomic E-state index is 0. The summed E-state index contributed by atoms with van der Waals surface area (Å²) in [6.45, 7) is 0. The third kappa shape index (κ3) is 9.18. The van der Waals surface area contributed by atoms with Crippen LogP contribution in [0.1, 0.15) is 0 Å². The molecule has 0 saturated carbocycles. The molecule has 0 aromatic rings. The molecule has 4 heteroatoms. The third-order valence-electron chi connectivity index (χ3n) is 0. The second-order valence-electron chi connectivity index (χ2n) is 0. The van der Waals surface area contributed by atoms with Crippen molar-refractivity contribution in [3.05, 3.63) is 0 Å². The predicted molar refractivity (Wildman–Crippen MR) is 5.75 cm³/mol. The van der Waals surface area contributed by atoms with Gasteiger partial charge in [0.25, 0.3) is 0 Å². The molecular formula is BrCaClK+. The molecule has 0 bridgehead atoms. The molecule has 0 spiro atoms. The predicted octanol–water partition coefficient (Wildman–Crippen LogP) is -9.37. The van der Waals surface area contributed by atoms with E-state index in [9.17, 15) is 0 Å². The fraction of sp³-hybridized carbons (Fsp3) is 0. The summed E-state index contributed by atoms with van der Waals surface area (Å²) in [7, 11) is 0. The van der Waals surface area contributed by atoms with Crippen LogP contribution in [0.5, 0.6) is 0 Å². The third-order valence-corrected chi connectivity index (χ3v) is 0. The van der Waals surface area contributed by atoms with E-state index in [1.54, 1.807) is 0 Å². The molecule has 0 nitrogen and oxygen atoms in total. The van der Waals surface area contributed by atoms with E-state index < -0.39 is 0 Å². The van der Waals surface area contributed by atoms with Crippen molar-refractivity contribution in [3.8, 4) is 0 Å². The Labute approximate surface area is 115 Å². The Balaban J connectivity index is 0. The van der Waals surface area contributed by atoms with Crippen LogP contribution in [0.4, 0.5) is 0 Å². The van der Waals surface area contributed by atoms with Crippen molar-refractivity contribution in [2.75, 3.05) is 0 Å². The van der Waals surface area contributed by atoms with E-state index in [1.165, 1.54) is 0 Å². The minimum atomic E-state index is 0. The van der Waals surface area contributed by atoms with Crippen LogP contribution in [-0.4, -0.2) is 37.7 Å². The van der Waals surface area contributed by atoms with Gasteiger partial charge in [-0.2, -0.15) is 0 Å². The Hall–Kier alpha value is 3.67. The summed E-state index contributed by atoms with van der Waals surface area (Å²) in [4.78, 5) is 0. The van der Waals surface area contributed by atoms with Gasteiger partial charge >= 0.3 is 89.1 Å². The van der Waals surface area contributed by atoms with Gasteiger partial charge in [-0.1, -0.05) is 0 Å². The van der Waals surface area contributed by atoms with E-state index in [0.717, 1.165) is 0 Å². The molecule has 0 unspecified atom stereocenters. The van der Waals surface area contributed by atoms with Gasteiger partial charge in [0, 0.05) is 0 Å². The number of hydrogen-bond acceptors (Lipinski definition) is 0. The first kappa shape index (κ1) is 25.3. The molecule has 0 heterocycles. The van der Waals surface area contributed by atoms with Gasteiger partial charge in [0.1, 0.15) is 0 Å². The van der Waals surface area contributed by atoms with Crippen LogP contribution in [0.25, 0.3) is 0 Å². The van der Waals surface area contributed by atoms with Crippen molar-refractivity contribution in [2.24, 2.45) is 0 Å². The zero-order valence-corrected chi connectivity index (χ0v) is 10.1. The Bertz CT molecular complexity index is 8.00. The SMILES string of the molecule is [Br-].[Ca+2].[Cl-].[K+]. The molecule has 0 aromatic carbocycles. The number of hydrogen-bond donors (Lipinski definition) is 0. The van der Waals surface area contributed by atoms with E-state index in [-0.39, 0.29) is 119 Å². The monoisotopic (exact) mass is 193 g/mol. The molecule has 0 atom stereocenters. The molecule has 0 rings (SSSR count). The van der Waals surface area contributed by atoms with Crippen LogP contribution >= 0.6 is 0 Å². The summed E-state index contributed by atoms with van der Waals surface area (Å²) in [5, 5.41) is 0. The first-order chi connectivity index (χ1) is 0. The first-order valence-corrected chi connectivity index (χ1v) is 0. The van der Waals surface area contributed by atoms with Crippen LogP contribution in [0, 0.1) is 0 Å². The maximum atomic E-state index is 0. The average molecular weight is 195 g/mol. The van der Waals surface area contributed by atoms with E-state index >= 15 is 0 Å². The van der Waals surface area contributed by atoms with Crippen molar-refractivity contribution >= 4 is 37.7 Å². The minimum Gasteiger partial charge on any atom is -1.00 e. The van der Waals surface area contributed by atoms with Gasteiger partial charge in [0.2, 0.25) is 0 Å². The molecule has 0 aliphatic rings. The zero-order valence-electron chi connectivity index (χ0n) is 2.46. The van der Waals surface area contributed by atoms with Gasteiger partial charge in [-0.05, 0) is 0 Å². The van der Waals surface area contributed by atoms with Gasteiger partial charge in [0.05, 0.1) is 0 Å². The Morgan fingerprint density at radius 2 is 1.00 bits per heavy atom. The fourth-order valence-corrected chi connectivity index (χ4v) is 0. The molecule has 16 valence electrons. The van der Waals surface area contributed by atoms with Gasteiger partial charge in [0.15, 0.2) is 0 Å². The van der Waals surface area contributed by atoms with Gasteiger partial charge < -0.3 is 29.4 Å². The van der Waals surface area contributed by atoms with Gasteiger partial charge in [-0.25, -0.2) is 0 Å². The summed E-state index contributed by atoms with van der Waals surface area (Å²) in [5.74, 6) is 0. The summed E-state index contributed by atoms with van der Waals surface area (Å²) < 4.78 is 0. The van der Waals surface area contributed by atoms with E-state index in [4.69, 9.17) is 0 Å². The van der Waals surface area contributed by atoms with Crippen LogP contribution < -0.4 is 80.8 Å². The van der Waals surface area contributed by atoms with Crippen molar-refractivity contribution in [1.82, 2.24) is 0 Å². The normalized spacial score (nSPS) is 0. The van der Waals surface area contributed by atoms with E-state index in [1.807, 2.05) is 0 Å². The topological polar surface area (TPSA) is 0 Å². The van der Waals surface area contributed by atoms with Crippen molar-refractivity contribution in [2.45, 2.75) is 0 Å². The number of rotatable bonds is 0. The molecule has 0 saturated heterocycles. The van der Waals surface area contributed by atoms with Crippen molar-refractivity contribution in [1.29, 1.82) is 0 Å². The second-order valence-corrected chi connectivity index (χ2v) is 0. The molecule has 0 amide bonds. The maximum Gasteiger partial charge on any atom is 2.00 e. The molecular weight excluding hydrogens is 195 g/mol. The van der Waals surface area contributed by atoms with Crippen LogP contribution in [0.2, 0.25) is 0 Å². The standard InChI is InChI=1S/BrH.Ca.ClH.K/h1H;;1H;/q;+2;;+1/p-2. The Morgan fingerprint density at radius 3 is 1.00 bits per heavy atom. The Kier molecular flexibility index (Phi) is 101. The molecule has 0 aromatic heterocycles. The van der Waals surface area contributed by atoms with Crippen molar-refractivity contribution in [3.63, 3.8) is 0 Å². The summed E-state index contributed by atoms with van der Waals surface area (Å²) >= 11 is 0. The molecule has 0 N–H and O–H groups in total. The summed E-state index contributed by atoms with van der Waals surface area (Å²) in [5.41, 5.74) is 0. The van der Waals surface area contributed by atoms with Crippen LogP contribution in [0.15, 0.2) is 0 Å². The van der Waals surface area contributed by atoms with E-state index in [2.05, 4.69) is 0 Å². The van der Waals surface area contributed by atoms with Gasteiger partial charge in [-0.15, -0.1) is 0 Å². The van der Waals surface area contributed by atoms with Crippen LogP contribution in [-0.2, 0) is 0 Å². The molecule has 0 fully saturated rings. The smallest absolute Gasteiger partial charge is 1.00 e. The quantitative estimate of drug-likeness (QED) is 0.336. The average Bonchev–Trinajstić information content (AvgIpc) is 0. The minimum absolute atomic E-state index is 0. The Morgan fingerprint density at radius 1 is 1.00 bits per heavy atom. The second kappa shape index (κ2) is 15.9. The van der Waals surface area contributed by atoms with Gasteiger partial charge in [-0.3, -0.25) is 0 Å². The van der Waals surface area contributed by atoms with E-state index in [0.29, 0.717) is 0 Å². The van der Waals surface area contributed by atoms with Crippen molar-refractivity contribution < 1.29 is 80.8 Å². The fourth-order valence-electron chi connectivity index (χ4n) is 0. The molecule has 4 heavy (non-hydrogen) atoms.